The average Bonchev–Trinajstić information content (AvgIpc) is 2.60. The third-order valence-electron chi connectivity index (χ3n) is 4.15. The van der Waals surface area contributed by atoms with Crippen LogP contribution in [0.1, 0.15) is 5.56 Å². The van der Waals surface area contributed by atoms with Crippen molar-refractivity contribution in [3.63, 3.8) is 0 Å². The molecule has 8 radical (unpaired) electrons. The highest BCUT2D eigenvalue weighted by Crippen LogP contribution is 2.30. The van der Waals surface area contributed by atoms with Crippen LogP contribution in [0.15, 0.2) is 36.5 Å². The van der Waals surface area contributed by atoms with Crippen LogP contribution in [0.25, 0.3) is 22.4 Å². The summed E-state index contributed by atoms with van der Waals surface area (Å²) < 4.78 is 0. The number of nitrogens with zero attached hydrogens (tertiary/aromatic N) is 1. The number of aryl methyl sites for hydroxylation is 1. The maximum absolute atomic E-state index is 10.3. The van der Waals surface area contributed by atoms with Gasteiger partial charge in [0.1, 0.15) is 42.9 Å². The van der Waals surface area contributed by atoms with E-state index < -0.39 is 5.75 Å². The Bertz CT molecular complexity index is 943. The molecule has 1 aromatic heterocycles. The molecule has 3 nitrogen and oxygen atoms in total. The van der Waals surface area contributed by atoms with Gasteiger partial charge in [-0.15, -0.1) is 0 Å². The van der Waals surface area contributed by atoms with E-state index in [-0.39, 0.29) is 27.7 Å². The zero-order chi connectivity index (χ0) is 18.3. The average molecular weight is 317 g/mol. The van der Waals surface area contributed by atoms with Crippen LogP contribution in [0.5, 0.6) is 11.5 Å². The summed E-state index contributed by atoms with van der Waals surface area (Å²) in [5.41, 5.74) is 3.72. The van der Waals surface area contributed by atoms with Crippen LogP contribution < -0.4 is 21.9 Å². The number of aromatic nitrogens is 1. The Kier molecular flexibility index (Phi) is 4.42. The molecule has 1 heterocycles. The summed E-state index contributed by atoms with van der Waals surface area (Å²) in [6.45, 7) is 1.86. The molecule has 0 saturated carbocycles. The Labute approximate surface area is 151 Å². The molecule has 112 valence electrons. The molecule has 2 aromatic carbocycles. The molecule has 0 unspecified atom stereocenters. The molecule has 0 fully saturated rings. The van der Waals surface area contributed by atoms with Gasteiger partial charge >= 0.3 is 0 Å². The van der Waals surface area contributed by atoms with Gasteiger partial charge < -0.3 is 10.2 Å². The molecule has 0 aliphatic heterocycles. The standard InChI is InChI=1S/C18H11B4NO2/c1-8-6-12(9-2-4-10(19)5-3-9)23-7-11(8)13-14(20)15(21)18(25)16(22)17(13)24/h2-7,24-25H,1H3. The van der Waals surface area contributed by atoms with Crippen molar-refractivity contribution in [3.05, 3.63) is 42.1 Å². The normalized spacial score (nSPS) is 10.8. The van der Waals surface area contributed by atoms with Crippen LogP contribution >= 0.6 is 0 Å². The lowest BCUT2D eigenvalue weighted by Gasteiger charge is -2.19. The number of benzene rings is 2. The van der Waals surface area contributed by atoms with Crippen LogP contribution in [0, 0.1) is 6.92 Å². The van der Waals surface area contributed by atoms with Gasteiger partial charge in [-0.3, -0.25) is 4.98 Å². The van der Waals surface area contributed by atoms with Crippen LogP contribution in [-0.4, -0.2) is 46.6 Å². The van der Waals surface area contributed by atoms with Crippen LogP contribution in [0.4, 0.5) is 0 Å². The molecule has 0 aliphatic carbocycles. The van der Waals surface area contributed by atoms with Gasteiger partial charge in [0.15, 0.2) is 0 Å². The summed E-state index contributed by atoms with van der Waals surface area (Å²) >= 11 is 0. The van der Waals surface area contributed by atoms with Gasteiger partial charge in [-0.2, -0.15) is 0 Å². The van der Waals surface area contributed by atoms with E-state index in [4.69, 9.17) is 31.4 Å². The van der Waals surface area contributed by atoms with Crippen molar-refractivity contribution in [2.24, 2.45) is 0 Å². The Morgan fingerprint density at radius 1 is 0.840 bits per heavy atom. The highest BCUT2D eigenvalue weighted by molar-refractivity contribution is 6.55. The van der Waals surface area contributed by atoms with Crippen LogP contribution in [0.2, 0.25) is 0 Å². The smallest absolute Gasteiger partial charge is 0.124 e. The molecule has 0 aliphatic rings. The van der Waals surface area contributed by atoms with Gasteiger partial charge in [0.25, 0.3) is 0 Å². The first-order valence-electron chi connectivity index (χ1n) is 7.52. The number of hydrogen-bond donors (Lipinski definition) is 2. The number of aromatic hydroxyl groups is 2. The van der Waals surface area contributed by atoms with Gasteiger partial charge in [-0.1, -0.05) is 40.7 Å². The van der Waals surface area contributed by atoms with Crippen LogP contribution in [0.3, 0.4) is 0 Å². The van der Waals surface area contributed by atoms with Gasteiger partial charge in [0.05, 0.1) is 5.69 Å². The second-order valence-electron chi connectivity index (χ2n) is 5.82. The van der Waals surface area contributed by atoms with E-state index in [1.54, 1.807) is 18.3 Å². The minimum Gasteiger partial charge on any atom is -0.509 e. The molecule has 0 spiro atoms. The Balaban J connectivity index is 2.16. The highest BCUT2D eigenvalue weighted by atomic mass is 16.3. The van der Waals surface area contributed by atoms with Crippen LogP contribution in [-0.2, 0) is 0 Å². The summed E-state index contributed by atoms with van der Waals surface area (Å²) in [7, 11) is 23.2. The first-order valence-corrected chi connectivity index (χ1v) is 7.52. The van der Waals surface area contributed by atoms with Crippen molar-refractivity contribution in [1.82, 2.24) is 4.98 Å². The molecule has 0 saturated heterocycles. The van der Waals surface area contributed by atoms with E-state index in [0.29, 0.717) is 11.0 Å². The molecule has 0 amide bonds. The lowest BCUT2D eigenvalue weighted by atomic mass is 9.71. The molecule has 7 heteroatoms. The summed E-state index contributed by atoms with van der Waals surface area (Å²) in [6, 6.07) is 9.20. The Morgan fingerprint density at radius 3 is 2.08 bits per heavy atom. The molecular formula is C18H11B4NO2. The molecule has 2 N–H and O–H groups in total. The summed E-state index contributed by atoms with van der Waals surface area (Å²) in [5, 5.41) is 20.1. The fourth-order valence-electron chi connectivity index (χ4n) is 2.68. The fraction of sp³-hybridized carbons (Fsp3) is 0.0556. The first-order chi connectivity index (χ1) is 11.8. The minimum atomic E-state index is -0.428. The molecule has 25 heavy (non-hydrogen) atoms. The van der Waals surface area contributed by atoms with Crippen molar-refractivity contribution < 1.29 is 10.2 Å². The van der Waals surface area contributed by atoms with E-state index in [2.05, 4.69) is 4.98 Å². The lowest BCUT2D eigenvalue weighted by Crippen LogP contribution is -2.33. The summed E-state index contributed by atoms with van der Waals surface area (Å²) in [6.07, 6.45) is 1.59. The molecule has 3 rings (SSSR count). The first kappa shape index (κ1) is 17.3. The van der Waals surface area contributed by atoms with Gasteiger partial charge in [-0.25, -0.2) is 0 Å². The van der Waals surface area contributed by atoms with E-state index in [1.807, 2.05) is 25.1 Å². The maximum atomic E-state index is 10.3. The van der Waals surface area contributed by atoms with E-state index >= 15 is 0 Å². The second kappa shape index (κ2) is 6.40. The predicted octanol–water partition coefficient (Wildman–Crippen LogP) is -0.690. The number of phenolic OH excluding ortho intramolecular Hbond substituents is 2. The number of hydrogen-bond acceptors (Lipinski definition) is 3. The van der Waals surface area contributed by atoms with E-state index in [0.717, 1.165) is 16.8 Å². The second-order valence-corrected chi connectivity index (χ2v) is 5.82. The highest BCUT2D eigenvalue weighted by Gasteiger charge is 2.18. The number of pyridine rings is 1. The van der Waals surface area contributed by atoms with Gasteiger partial charge in [-0.05, 0) is 24.0 Å². The zero-order valence-electron chi connectivity index (χ0n) is 13.6. The summed E-state index contributed by atoms with van der Waals surface area (Å²) in [5.74, 6) is -0.753. The van der Waals surface area contributed by atoms with Crippen molar-refractivity contribution in [2.45, 2.75) is 6.92 Å². The van der Waals surface area contributed by atoms with E-state index in [9.17, 15) is 10.2 Å². The predicted molar refractivity (Wildman–Crippen MR) is 105 cm³/mol. The molecular weight excluding hydrogens is 305 g/mol. The van der Waals surface area contributed by atoms with E-state index in [1.165, 1.54) is 0 Å². The molecule has 0 bridgehead atoms. The topological polar surface area (TPSA) is 53.4 Å². The monoisotopic (exact) mass is 317 g/mol. The fourth-order valence-corrected chi connectivity index (χ4v) is 2.68. The van der Waals surface area contributed by atoms with Crippen molar-refractivity contribution >= 4 is 53.2 Å². The third kappa shape index (κ3) is 2.95. The van der Waals surface area contributed by atoms with Gasteiger partial charge in [0.2, 0.25) is 0 Å². The Hall–Kier alpha value is -2.55. The molecule has 0 atom stereocenters. The lowest BCUT2D eigenvalue weighted by molar-refractivity contribution is 0.463. The summed E-state index contributed by atoms with van der Waals surface area (Å²) in [4.78, 5) is 4.43. The number of phenols is 2. The maximum Gasteiger partial charge on any atom is 0.124 e. The van der Waals surface area contributed by atoms with Crippen molar-refractivity contribution in [3.8, 4) is 33.9 Å². The quantitative estimate of drug-likeness (QED) is 0.616. The molecule has 3 aromatic rings. The zero-order valence-corrected chi connectivity index (χ0v) is 13.6. The minimum absolute atomic E-state index is 0.0503. The Morgan fingerprint density at radius 2 is 1.48 bits per heavy atom. The van der Waals surface area contributed by atoms with Crippen molar-refractivity contribution in [1.29, 1.82) is 0 Å². The van der Waals surface area contributed by atoms with Crippen molar-refractivity contribution in [2.75, 3.05) is 0 Å². The SMILES string of the molecule is [B]c1ccc(-c2cc(C)c(-c3c([B])c([B])c(O)c([B])c3O)cn2)cc1. The third-order valence-corrected chi connectivity index (χ3v) is 4.15. The van der Waals surface area contributed by atoms with Gasteiger partial charge in [0, 0.05) is 22.9 Å². The largest absolute Gasteiger partial charge is 0.509 e. The number of rotatable bonds is 2.